The summed E-state index contributed by atoms with van der Waals surface area (Å²) in [4.78, 5) is 3.07. The largest absolute Gasteiger partial charge is 0.494 e. The van der Waals surface area contributed by atoms with E-state index in [0.29, 0.717) is 5.92 Å². The van der Waals surface area contributed by atoms with Gasteiger partial charge in [0.15, 0.2) is 5.88 Å². The van der Waals surface area contributed by atoms with Crippen molar-refractivity contribution >= 4 is 38.3 Å². The van der Waals surface area contributed by atoms with Crippen LogP contribution in [0.1, 0.15) is 25.1 Å². The fourth-order valence-corrected chi connectivity index (χ4v) is 5.40. The molecule has 2 aromatic carbocycles. The van der Waals surface area contributed by atoms with Crippen LogP contribution in [0.3, 0.4) is 0 Å². The van der Waals surface area contributed by atoms with E-state index in [4.69, 9.17) is 5.73 Å². The number of aryl methyl sites for hydroxylation is 2. The van der Waals surface area contributed by atoms with E-state index in [1.165, 1.54) is 27.7 Å². The molecule has 1 aliphatic rings. The van der Waals surface area contributed by atoms with Crippen molar-refractivity contribution in [1.29, 1.82) is 0 Å². The van der Waals surface area contributed by atoms with Crippen LogP contribution in [0.25, 0.3) is 43.7 Å². The lowest BCUT2D eigenvalue weighted by molar-refractivity contribution is 0.463. The molecule has 6 nitrogen and oxygen atoms in total. The molecule has 30 heavy (non-hydrogen) atoms. The SMILES string of the molecule is CC(C)Cn1c2ccc(N)cc2c2c3c[nH]c(O)c3c3c(c21)CCc1c-3cnn1C. The molecule has 0 saturated carbocycles. The minimum absolute atomic E-state index is 0.216. The van der Waals surface area contributed by atoms with Crippen molar-refractivity contribution in [2.75, 3.05) is 5.73 Å². The number of aromatic hydroxyl groups is 1. The van der Waals surface area contributed by atoms with Crippen molar-refractivity contribution in [3.05, 3.63) is 41.9 Å². The molecule has 0 unspecified atom stereocenters. The van der Waals surface area contributed by atoms with E-state index in [1.807, 2.05) is 30.2 Å². The summed E-state index contributed by atoms with van der Waals surface area (Å²) < 4.78 is 4.42. The van der Waals surface area contributed by atoms with E-state index in [-0.39, 0.29) is 5.88 Å². The van der Waals surface area contributed by atoms with Crippen LogP contribution in [-0.2, 0) is 26.4 Å². The van der Waals surface area contributed by atoms with Gasteiger partial charge >= 0.3 is 0 Å². The number of H-pyrrole nitrogens is 1. The quantitative estimate of drug-likeness (QED) is 0.376. The zero-order valence-corrected chi connectivity index (χ0v) is 17.5. The second-order valence-electron chi connectivity index (χ2n) is 8.91. The predicted molar refractivity (Wildman–Crippen MR) is 122 cm³/mol. The van der Waals surface area contributed by atoms with Crippen LogP contribution < -0.4 is 5.73 Å². The van der Waals surface area contributed by atoms with Crippen molar-refractivity contribution in [3.8, 4) is 17.0 Å². The smallest absolute Gasteiger partial charge is 0.197 e. The average molecular weight is 399 g/mol. The highest BCUT2D eigenvalue weighted by Gasteiger charge is 2.29. The Bertz CT molecular complexity index is 1480. The molecule has 0 aliphatic heterocycles. The zero-order valence-electron chi connectivity index (χ0n) is 17.5. The Morgan fingerprint density at radius 1 is 1.20 bits per heavy atom. The highest BCUT2D eigenvalue weighted by Crippen LogP contribution is 2.49. The number of rotatable bonds is 2. The molecule has 6 heteroatoms. The maximum Gasteiger partial charge on any atom is 0.197 e. The predicted octanol–water partition coefficient (Wildman–Crippen LogP) is 4.72. The molecule has 152 valence electrons. The molecular formula is C24H25N5O. The van der Waals surface area contributed by atoms with Gasteiger partial charge in [0.25, 0.3) is 0 Å². The number of nitrogens with two attached hydrogens (primary N) is 1. The third-order valence-corrected chi connectivity index (χ3v) is 6.54. The second-order valence-corrected chi connectivity index (χ2v) is 8.91. The van der Waals surface area contributed by atoms with E-state index >= 15 is 0 Å². The molecule has 4 N–H and O–H groups in total. The third kappa shape index (κ3) is 2.11. The van der Waals surface area contributed by atoms with Gasteiger partial charge in [-0.3, -0.25) is 4.68 Å². The number of nitrogens with one attached hydrogen (secondary N) is 1. The van der Waals surface area contributed by atoms with Gasteiger partial charge in [0.2, 0.25) is 0 Å². The fourth-order valence-electron chi connectivity index (χ4n) is 5.40. The van der Waals surface area contributed by atoms with Crippen molar-refractivity contribution in [3.63, 3.8) is 0 Å². The number of nitrogen functional groups attached to an aromatic ring is 1. The highest BCUT2D eigenvalue weighted by atomic mass is 16.3. The monoisotopic (exact) mass is 399 g/mol. The molecule has 0 amide bonds. The summed E-state index contributed by atoms with van der Waals surface area (Å²) in [6.07, 6.45) is 5.73. The molecule has 0 spiro atoms. The van der Waals surface area contributed by atoms with E-state index in [1.54, 1.807) is 0 Å². The Hall–Kier alpha value is -3.41. The molecule has 3 heterocycles. The summed E-state index contributed by atoms with van der Waals surface area (Å²) in [7, 11) is 2.00. The normalized spacial score (nSPS) is 13.6. The highest BCUT2D eigenvalue weighted by molar-refractivity contribution is 6.26. The second kappa shape index (κ2) is 5.81. The van der Waals surface area contributed by atoms with Crippen LogP contribution in [0, 0.1) is 5.92 Å². The van der Waals surface area contributed by atoms with Gasteiger partial charge in [-0.15, -0.1) is 0 Å². The minimum atomic E-state index is 0.216. The molecule has 6 rings (SSSR count). The van der Waals surface area contributed by atoms with Gasteiger partial charge in [-0.25, -0.2) is 0 Å². The first kappa shape index (κ1) is 17.4. The minimum Gasteiger partial charge on any atom is -0.494 e. The standard InChI is InChI=1S/C24H25N5O/c1-12(2)11-29-19-6-4-13(25)8-15(19)21-17-9-26-24(30)22(17)20-14(23(21)29)5-7-18-16(20)10-27-28(18)3/h4,6,8-10,12,26,30H,5,7,11,25H2,1-3H3. The lowest BCUT2D eigenvalue weighted by atomic mass is 9.85. The lowest BCUT2D eigenvalue weighted by Crippen LogP contribution is -2.11. The van der Waals surface area contributed by atoms with Crippen molar-refractivity contribution < 1.29 is 5.11 Å². The summed E-state index contributed by atoms with van der Waals surface area (Å²) in [5, 5.41) is 19.6. The Morgan fingerprint density at radius 3 is 2.83 bits per heavy atom. The van der Waals surface area contributed by atoms with E-state index in [0.717, 1.165) is 52.4 Å². The topological polar surface area (TPSA) is 84.8 Å². The molecule has 0 saturated heterocycles. The number of fused-ring (bicyclic) bond motifs is 10. The van der Waals surface area contributed by atoms with Crippen LogP contribution >= 0.6 is 0 Å². The van der Waals surface area contributed by atoms with Crippen molar-refractivity contribution in [1.82, 2.24) is 19.3 Å². The van der Waals surface area contributed by atoms with E-state index in [9.17, 15) is 5.11 Å². The zero-order chi connectivity index (χ0) is 20.7. The van der Waals surface area contributed by atoms with Crippen LogP contribution in [0.2, 0.25) is 0 Å². The van der Waals surface area contributed by atoms with Crippen LogP contribution in [0.4, 0.5) is 5.69 Å². The molecule has 0 radical (unpaired) electrons. The number of aromatic amines is 1. The van der Waals surface area contributed by atoms with Crippen molar-refractivity contribution in [2.45, 2.75) is 33.2 Å². The molecule has 3 aromatic heterocycles. The van der Waals surface area contributed by atoms with E-state index < -0.39 is 0 Å². The number of benzene rings is 2. The van der Waals surface area contributed by atoms with E-state index in [2.05, 4.69) is 40.6 Å². The molecule has 5 aromatic rings. The Balaban J connectivity index is 1.90. The third-order valence-electron chi connectivity index (χ3n) is 6.54. The van der Waals surface area contributed by atoms with Gasteiger partial charge in [-0.1, -0.05) is 13.8 Å². The average Bonchev–Trinajstić information content (AvgIpc) is 3.36. The number of hydrogen-bond donors (Lipinski definition) is 3. The lowest BCUT2D eigenvalue weighted by Gasteiger charge is -2.22. The summed E-state index contributed by atoms with van der Waals surface area (Å²) in [6, 6.07) is 6.19. The first-order chi connectivity index (χ1) is 14.5. The molecule has 0 fully saturated rings. The molecule has 0 atom stereocenters. The number of aromatic nitrogens is 4. The first-order valence-corrected chi connectivity index (χ1v) is 10.5. The van der Waals surface area contributed by atoms with Crippen molar-refractivity contribution in [2.24, 2.45) is 13.0 Å². The van der Waals surface area contributed by atoms with Gasteiger partial charge in [-0.2, -0.15) is 5.10 Å². The molecular weight excluding hydrogens is 374 g/mol. The number of hydrogen-bond acceptors (Lipinski definition) is 3. The van der Waals surface area contributed by atoms with Gasteiger partial charge in [0, 0.05) is 64.0 Å². The van der Waals surface area contributed by atoms with Crippen LogP contribution in [0.5, 0.6) is 5.88 Å². The number of anilines is 1. The summed E-state index contributed by atoms with van der Waals surface area (Å²) in [5.41, 5.74) is 14.2. The molecule has 1 aliphatic carbocycles. The fraction of sp³-hybridized carbons (Fsp3) is 0.292. The summed E-state index contributed by atoms with van der Waals surface area (Å²) in [5.74, 6) is 0.721. The summed E-state index contributed by atoms with van der Waals surface area (Å²) in [6.45, 7) is 5.43. The molecule has 0 bridgehead atoms. The Morgan fingerprint density at radius 2 is 2.03 bits per heavy atom. The maximum atomic E-state index is 10.8. The van der Waals surface area contributed by atoms with Gasteiger partial charge in [0.1, 0.15) is 0 Å². The summed E-state index contributed by atoms with van der Waals surface area (Å²) >= 11 is 0. The number of nitrogens with zero attached hydrogens (tertiary/aromatic N) is 3. The van der Waals surface area contributed by atoms with Crippen LogP contribution in [-0.4, -0.2) is 24.4 Å². The van der Waals surface area contributed by atoms with Crippen LogP contribution in [0.15, 0.2) is 30.6 Å². The van der Waals surface area contributed by atoms with Gasteiger partial charge in [0.05, 0.1) is 17.1 Å². The first-order valence-electron chi connectivity index (χ1n) is 10.5. The Kier molecular flexibility index (Phi) is 3.38. The van der Waals surface area contributed by atoms with Gasteiger partial charge in [-0.05, 0) is 42.5 Å². The van der Waals surface area contributed by atoms with Gasteiger partial charge < -0.3 is 20.4 Å². The Labute approximate surface area is 173 Å². The maximum absolute atomic E-state index is 10.8.